The minimum atomic E-state index is -0.536. The third-order valence-electron chi connectivity index (χ3n) is 2.81. The van der Waals surface area contributed by atoms with Crippen molar-refractivity contribution in [1.82, 2.24) is 0 Å². The van der Waals surface area contributed by atoms with Crippen LogP contribution in [0.4, 0.5) is 0 Å². The number of carbonyl (C=O) groups is 1. The number of H-pyrrole nitrogens is 1. The van der Waals surface area contributed by atoms with Crippen molar-refractivity contribution < 1.29 is 14.6 Å². The van der Waals surface area contributed by atoms with E-state index >= 15 is 0 Å². The molecule has 5 nitrogen and oxygen atoms in total. The maximum atomic E-state index is 11.8. The standard InChI is InChI=1S/C15H15N3O2/c1-2-11-6-8-12(9-7-11)15(19)20-18-14(16)13-5-3-4-10-17-13/h3-10H,2H2,1H3,(H2,16,18)/p+1. The molecule has 1 heterocycles. The fourth-order valence-electron chi connectivity index (χ4n) is 1.62. The summed E-state index contributed by atoms with van der Waals surface area (Å²) in [7, 11) is 0. The lowest BCUT2D eigenvalue weighted by atomic mass is 10.1. The number of aromatic nitrogens is 1. The molecule has 1 aromatic heterocycles. The highest BCUT2D eigenvalue weighted by Crippen LogP contribution is 2.06. The molecule has 20 heavy (non-hydrogen) atoms. The maximum absolute atomic E-state index is 11.8. The first-order chi connectivity index (χ1) is 9.70. The molecule has 0 saturated carbocycles. The van der Waals surface area contributed by atoms with Gasteiger partial charge in [0, 0.05) is 12.1 Å². The van der Waals surface area contributed by atoms with Crippen LogP contribution in [0.25, 0.3) is 0 Å². The lowest BCUT2D eigenvalue weighted by molar-refractivity contribution is -0.380. The average Bonchev–Trinajstić information content (AvgIpc) is 2.53. The lowest BCUT2D eigenvalue weighted by Crippen LogP contribution is -2.24. The molecule has 2 rings (SSSR count). The van der Waals surface area contributed by atoms with E-state index in [9.17, 15) is 4.79 Å². The molecule has 0 radical (unpaired) electrons. The average molecular weight is 270 g/mol. The summed E-state index contributed by atoms with van der Waals surface area (Å²) in [5, 5.41) is 3.63. The Bertz CT molecular complexity index is 607. The zero-order valence-electron chi connectivity index (χ0n) is 11.2. The molecule has 3 N–H and O–H groups in total. The molecule has 0 fully saturated rings. The summed E-state index contributed by atoms with van der Waals surface area (Å²) in [6, 6.07) is 12.5. The molecule has 0 amide bonds. The molecule has 0 bridgehead atoms. The first-order valence-electron chi connectivity index (χ1n) is 6.31. The van der Waals surface area contributed by atoms with Gasteiger partial charge in [-0.05, 0) is 30.2 Å². The Balaban J connectivity index is 2.04. The van der Waals surface area contributed by atoms with Crippen LogP contribution >= 0.6 is 0 Å². The first kappa shape index (κ1) is 13.7. The molecule has 0 aliphatic heterocycles. The Kier molecular flexibility index (Phi) is 4.44. The van der Waals surface area contributed by atoms with Crippen molar-refractivity contribution in [2.75, 3.05) is 0 Å². The minimum absolute atomic E-state index is 0.115. The molecule has 0 saturated heterocycles. The number of pyridine rings is 1. The second-order valence-corrected chi connectivity index (χ2v) is 4.18. The van der Waals surface area contributed by atoms with Crippen LogP contribution < -0.4 is 10.7 Å². The molecule has 102 valence electrons. The van der Waals surface area contributed by atoms with Crippen LogP contribution in [-0.2, 0) is 11.3 Å². The first-order valence-corrected chi connectivity index (χ1v) is 6.31. The Morgan fingerprint density at radius 3 is 2.60 bits per heavy atom. The van der Waals surface area contributed by atoms with E-state index in [2.05, 4.69) is 17.1 Å². The van der Waals surface area contributed by atoms with Crippen molar-refractivity contribution in [1.29, 1.82) is 0 Å². The van der Waals surface area contributed by atoms with Crippen molar-refractivity contribution >= 4 is 11.8 Å². The number of rotatable bonds is 4. The van der Waals surface area contributed by atoms with E-state index in [1.165, 1.54) is 0 Å². The van der Waals surface area contributed by atoms with Gasteiger partial charge in [-0.1, -0.05) is 24.2 Å². The number of nitrogens with two attached hydrogens (primary N) is 1. The number of hydrogen-bond donors (Lipinski definition) is 1. The normalized spacial score (nSPS) is 11.2. The SMILES string of the molecule is CCc1ccc(C(=O)ON=C(N)c2cccc[nH+]2)cc1. The Morgan fingerprint density at radius 1 is 1.25 bits per heavy atom. The van der Waals surface area contributed by atoms with Crippen molar-refractivity contribution in [3.63, 3.8) is 0 Å². The fraction of sp³-hybridized carbons (Fsp3) is 0.133. The molecule has 5 heteroatoms. The summed E-state index contributed by atoms with van der Waals surface area (Å²) in [6.07, 6.45) is 2.63. The van der Waals surface area contributed by atoms with Crippen LogP contribution in [0.15, 0.2) is 53.8 Å². The van der Waals surface area contributed by atoms with Gasteiger partial charge in [-0.2, -0.15) is 0 Å². The second-order valence-electron chi connectivity index (χ2n) is 4.18. The highest BCUT2D eigenvalue weighted by Gasteiger charge is 2.10. The van der Waals surface area contributed by atoms with E-state index in [4.69, 9.17) is 10.6 Å². The molecule has 2 aromatic rings. The smallest absolute Gasteiger partial charge is 0.365 e. The lowest BCUT2D eigenvalue weighted by Gasteiger charge is -2.00. The van der Waals surface area contributed by atoms with E-state index in [0.717, 1.165) is 12.0 Å². The van der Waals surface area contributed by atoms with Gasteiger partial charge < -0.3 is 10.6 Å². The number of aryl methyl sites for hydroxylation is 1. The van der Waals surface area contributed by atoms with Gasteiger partial charge in [-0.3, -0.25) is 0 Å². The molecule has 0 spiro atoms. The zero-order chi connectivity index (χ0) is 14.4. The third kappa shape index (κ3) is 3.41. The van der Waals surface area contributed by atoms with E-state index < -0.39 is 5.97 Å². The van der Waals surface area contributed by atoms with Gasteiger partial charge in [0.05, 0.1) is 5.56 Å². The predicted octanol–water partition coefficient (Wildman–Crippen LogP) is 1.54. The van der Waals surface area contributed by atoms with Crippen LogP contribution in [-0.4, -0.2) is 11.8 Å². The van der Waals surface area contributed by atoms with Gasteiger partial charge >= 0.3 is 5.97 Å². The van der Waals surface area contributed by atoms with Crippen molar-refractivity contribution in [2.45, 2.75) is 13.3 Å². The fourth-order valence-corrected chi connectivity index (χ4v) is 1.62. The zero-order valence-corrected chi connectivity index (χ0v) is 11.2. The summed E-state index contributed by atoms with van der Waals surface area (Å²) in [5.41, 5.74) is 7.89. The molecule has 0 aliphatic carbocycles. The van der Waals surface area contributed by atoms with Gasteiger partial charge in [-0.25, -0.2) is 9.78 Å². The number of oxime groups is 1. The van der Waals surface area contributed by atoms with Crippen molar-refractivity contribution in [2.24, 2.45) is 10.9 Å². The third-order valence-corrected chi connectivity index (χ3v) is 2.81. The van der Waals surface area contributed by atoms with Crippen LogP contribution in [0, 0.1) is 0 Å². The summed E-state index contributed by atoms with van der Waals surface area (Å²) in [4.78, 5) is 19.5. The molecule has 0 atom stereocenters. The molecular formula is C15H16N3O2+. The van der Waals surface area contributed by atoms with Gasteiger partial charge in [0.15, 0.2) is 6.20 Å². The summed E-state index contributed by atoms with van der Waals surface area (Å²) < 4.78 is 0. The van der Waals surface area contributed by atoms with Gasteiger partial charge in [0.1, 0.15) is 0 Å². The van der Waals surface area contributed by atoms with E-state index in [-0.39, 0.29) is 5.84 Å². The number of hydrogen-bond acceptors (Lipinski definition) is 3. The van der Waals surface area contributed by atoms with Crippen LogP contribution in [0.1, 0.15) is 28.5 Å². The quantitative estimate of drug-likeness (QED) is 0.396. The largest absolute Gasteiger partial charge is 0.375 e. The molecule has 0 unspecified atom stereocenters. The van der Waals surface area contributed by atoms with E-state index in [1.54, 1.807) is 30.5 Å². The van der Waals surface area contributed by atoms with Gasteiger partial charge in [-0.15, -0.1) is 0 Å². The monoisotopic (exact) mass is 270 g/mol. The number of benzene rings is 1. The summed E-state index contributed by atoms with van der Waals surface area (Å²) >= 11 is 0. The predicted molar refractivity (Wildman–Crippen MR) is 75.0 cm³/mol. The van der Waals surface area contributed by atoms with Gasteiger partial charge in [0.25, 0.3) is 0 Å². The Morgan fingerprint density at radius 2 is 2.00 bits per heavy atom. The minimum Gasteiger partial charge on any atom is -0.375 e. The van der Waals surface area contributed by atoms with E-state index in [1.807, 2.05) is 18.2 Å². The maximum Gasteiger partial charge on any atom is 0.365 e. The number of amidine groups is 1. The number of aromatic amines is 1. The van der Waals surface area contributed by atoms with Crippen LogP contribution in [0.3, 0.4) is 0 Å². The van der Waals surface area contributed by atoms with Crippen molar-refractivity contribution in [3.05, 3.63) is 65.5 Å². The molecule has 0 aliphatic rings. The van der Waals surface area contributed by atoms with Gasteiger partial charge in [0.2, 0.25) is 11.5 Å². The number of carbonyl (C=O) groups excluding carboxylic acids is 1. The van der Waals surface area contributed by atoms with Crippen molar-refractivity contribution in [3.8, 4) is 0 Å². The Hall–Kier alpha value is -2.69. The van der Waals surface area contributed by atoms with Crippen LogP contribution in [0.2, 0.25) is 0 Å². The molecule has 1 aromatic carbocycles. The highest BCUT2D eigenvalue weighted by molar-refractivity contribution is 5.95. The van der Waals surface area contributed by atoms with E-state index in [0.29, 0.717) is 11.3 Å². The summed E-state index contributed by atoms with van der Waals surface area (Å²) in [6.45, 7) is 2.05. The number of nitrogens with zero attached hydrogens (tertiary/aromatic N) is 1. The van der Waals surface area contributed by atoms with Crippen LogP contribution in [0.5, 0.6) is 0 Å². The number of nitrogens with one attached hydrogen (secondary N) is 1. The topological polar surface area (TPSA) is 78.8 Å². The summed E-state index contributed by atoms with van der Waals surface area (Å²) in [5.74, 6) is -0.421. The Labute approximate surface area is 117 Å². The molecular weight excluding hydrogens is 254 g/mol. The highest BCUT2D eigenvalue weighted by atomic mass is 16.7. The second kappa shape index (κ2) is 6.47.